The van der Waals surface area contributed by atoms with Gasteiger partial charge in [-0.1, -0.05) is 0 Å². The minimum Gasteiger partial charge on any atom is -0.475 e. The van der Waals surface area contributed by atoms with Crippen LogP contribution < -0.4 is 11.2 Å². The smallest absolute Gasteiger partial charge is 0.372 e. The van der Waals surface area contributed by atoms with E-state index in [1.54, 1.807) is 14.0 Å². The monoisotopic (exact) mass is 310 g/mol. The second kappa shape index (κ2) is 6.14. The highest BCUT2D eigenvalue weighted by molar-refractivity contribution is 5.88. The highest BCUT2D eigenvalue weighted by Gasteiger charge is 2.22. The Hall–Kier alpha value is -2.42. The van der Waals surface area contributed by atoms with E-state index in [2.05, 4.69) is 4.98 Å². The molecule has 1 N–H and O–H groups in total. The fourth-order valence-corrected chi connectivity index (χ4v) is 2.40. The van der Waals surface area contributed by atoms with Gasteiger partial charge in [0.25, 0.3) is 5.56 Å². The van der Waals surface area contributed by atoms with E-state index in [9.17, 15) is 19.5 Å². The molecule has 0 saturated carbocycles. The van der Waals surface area contributed by atoms with Crippen molar-refractivity contribution in [2.75, 3.05) is 13.7 Å². The van der Waals surface area contributed by atoms with Crippen molar-refractivity contribution in [1.82, 2.24) is 18.7 Å². The van der Waals surface area contributed by atoms with Crippen molar-refractivity contribution in [2.24, 2.45) is 7.05 Å². The Morgan fingerprint density at radius 2 is 2.00 bits per heavy atom. The van der Waals surface area contributed by atoms with Crippen LogP contribution in [0.5, 0.6) is 0 Å². The van der Waals surface area contributed by atoms with Gasteiger partial charge in [-0.05, 0) is 13.3 Å². The number of hydrogen-bond acceptors (Lipinski definition) is 5. The second-order valence-corrected chi connectivity index (χ2v) is 4.80. The molecule has 0 aliphatic rings. The molecule has 0 saturated heterocycles. The van der Waals surface area contributed by atoms with Crippen molar-refractivity contribution in [2.45, 2.75) is 26.4 Å². The molecule has 0 atom stereocenters. The first kappa shape index (κ1) is 16.0. The summed E-state index contributed by atoms with van der Waals surface area (Å²) in [6.45, 7) is 2.71. The Kier molecular flexibility index (Phi) is 4.45. The fourth-order valence-electron chi connectivity index (χ4n) is 2.40. The van der Waals surface area contributed by atoms with Crippen LogP contribution in [0.1, 0.15) is 24.0 Å². The summed E-state index contributed by atoms with van der Waals surface area (Å²) in [5.74, 6) is -1.49. The maximum Gasteiger partial charge on any atom is 0.372 e. The molecule has 0 aliphatic heterocycles. The van der Waals surface area contributed by atoms with E-state index in [-0.39, 0.29) is 30.1 Å². The number of rotatable bonds is 6. The number of carboxylic acids is 1. The highest BCUT2D eigenvalue weighted by atomic mass is 16.5. The predicted octanol–water partition coefficient (Wildman–Crippen LogP) is -0.349. The van der Waals surface area contributed by atoms with Crippen LogP contribution >= 0.6 is 0 Å². The van der Waals surface area contributed by atoms with Crippen molar-refractivity contribution < 1.29 is 14.6 Å². The van der Waals surface area contributed by atoms with E-state index in [0.717, 1.165) is 4.57 Å². The first-order valence-corrected chi connectivity index (χ1v) is 6.86. The lowest BCUT2D eigenvalue weighted by atomic mass is 10.4. The molecule has 2 aromatic heterocycles. The van der Waals surface area contributed by atoms with Crippen LogP contribution in [0.3, 0.4) is 0 Å². The summed E-state index contributed by atoms with van der Waals surface area (Å²) in [7, 11) is 2.91. The zero-order valence-corrected chi connectivity index (χ0v) is 12.7. The number of hydrogen-bond donors (Lipinski definition) is 1. The number of aryl methyl sites for hydroxylation is 2. The van der Waals surface area contributed by atoms with Crippen LogP contribution in [0.2, 0.25) is 0 Å². The maximum absolute atomic E-state index is 12.3. The van der Waals surface area contributed by atoms with E-state index in [1.807, 2.05) is 0 Å². The third-order valence-corrected chi connectivity index (χ3v) is 3.47. The lowest BCUT2D eigenvalue weighted by Gasteiger charge is -2.09. The maximum atomic E-state index is 12.3. The van der Waals surface area contributed by atoms with Gasteiger partial charge in [-0.2, -0.15) is 0 Å². The summed E-state index contributed by atoms with van der Waals surface area (Å²) in [6, 6.07) is 0. The summed E-state index contributed by atoms with van der Waals surface area (Å²) in [5.41, 5.74) is -0.848. The third kappa shape index (κ3) is 2.43. The molecule has 0 bridgehead atoms. The second-order valence-electron chi connectivity index (χ2n) is 4.80. The normalized spacial score (nSPS) is 11.2. The molecular weight excluding hydrogens is 292 g/mol. The molecule has 0 aromatic carbocycles. The first-order valence-electron chi connectivity index (χ1n) is 6.86. The number of ether oxygens (including phenoxy) is 1. The number of aromatic carboxylic acids is 1. The standard InChI is InChI=1S/C13H18N4O5/c1-4-16-8-9(14-10(16)12(19)20)17(6-5-7-22-3)13(21)15(2)11(8)18/h4-7H2,1-3H3,(H,19,20). The number of imidazole rings is 1. The van der Waals surface area contributed by atoms with Gasteiger partial charge < -0.3 is 14.4 Å². The van der Waals surface area contributed by atoms with Crippen molar-refractivity contribution in [3.8, 4) is 0 Å². The van der Waals surface area contributed by atoms with Gasteiger partial charge in [-0.3, -0.25) is 13.9 Å². The quantitative estimate of drug-likeness (QED) is 0.731. The number of nitrogens with zero attached hydrogens (tertiary/aromatic N) is 4. The topological polar surface area (TPSA) is 108 Å². The van der Waals surface area contributed by atoms with E-state index >= 15 is 0 Å². The van der Waals surface area contributed by atoms with Gasteiger partial charge >= 0.3 is 11.7 Å². The largest absolute Gasteiger partial charge is 0.475 e. The summed E-state index contributed by atoms with van der Waals surface area (Å²) in [6.07, 6.45) is 0.547. The molecule has 0 fully saturated rings. The van der Waals surface area contributed by atoms with Gasteiger partial charge in [0.1, 0.15) is 0 Å². The molecule has 2 aromatic rings. The molecule has 0 spiro atoms. The summed E-state index contributed by atoms with van der Waals surface area (Å²) >= 11 is 0. The lowest BCUT2D eigenvalue weighted by molar-refractivity contribution is 0.0679. The average Bonchev–Trinajstić information content (AvgIpc) is 2.88. The van der Waals surface area contributed by atoms with Crippen molar-refractivity contribution in [3.05, 3.63) is 26.7 Å². The number of carbonyl (C=O) groups is 1. The zero-order chi connectivity index (χ0) is 16.4. The van der Waals surface area contributed by atoms with Crippen LogP contribution in [0, 0.1) is 0 Å². The van der Waals surface area contributed by atoms with Gasteiger partial charge in [-0.15, -0.1) is 0 Å². The molecule has 2 heterocycles. The Labute approximate surface area is 125 Å². The summed E-state index contributed by atoms with van der Waals surface area (Å²) in [5, 5.41) is 9.23. The predicted molar refractivity (Wildman–Crippen MR) is 78.4 cm³/mol. The van der Waals surface area contributed by atoms with E-state index in [0.29, 0.717) is 13.0 Å². The molecule has 9 nitrogen and oxygen atoms in total. The van der Waals surface area contributed by atoms with Crippen LogP contribution in [0.15, 0.2) is 9.59 Å². The number of carboxylic acid groups (broad SMARTS) is 1. The van der Waals surface area contributed by atoms with Crippen LogP contribution in [0.4, 0.5) is 0 Å². The van der Waals surface area contributed by atoms with Gasteiger partial charge in [-0.25, -0.2) is 14.6 Å². The van der Waals surface area contributed by atoms with Crippen LogP contribution in [-0.2, 0) is 24.9 Å². The zero-order valence-electron chi connectivity index (χ0n) is 12.7. The molecule has 2 rings (SSSR count). The minimum absolute atomic E-state index is 0.100. The Bertz CT molecular complexity index is 830. The van der Waals surface area contributed by atoms with Crippen LogP contribution in [-0.4, -0.2) is 43.5 Å². The summed E-state index contributed by atoms with van der Waals surface area (Å²) < 4.78 is 8.55. The number of methoxy groups -OCH3 is 1. The molecule has 0 unspecified atom stereocenters. The third-order valence-electron chi connectivity index (χ3n) is 3.47. The SMILES string of the molecule is CCn1c(C(=O)O)nc2c1c(=O)n(C)c(=O)n2CCCOC. The van der Waals surface area contributed by atoms with Crippen LogP contribution in [0.25, 0.3) is 11.2 Å². The molecular formula is C13H18N4O5. The Balaban J connectivity index is 2.82. The highest BCUT2D eigenvalue weighted by Crippen LogP contribution is 2.12. The number of fused-ring (bicyclic) bond motifs is 1. The van der Waals surface area contributed by atoms with E-state index < -0.39 is 17.2 Å². The molecule has 120 valence electrons. The minimum atomic E-state index is -1.24. The van der Waals surface area contributed by atoms with Crippen molar-refractivity contribution in [3.63, 3.8) is 0 Å². The molecule has 9 heteroatoms. The van der Waals surface area contributed by atoms with Gasteiger partial charge in [0.15, 0.2) is 11.2 Å². The van der Waals surface area contributed by atoms with Crippen molar-refractivity contribution in [1.29, 1.82) is 0 Å². The molecule has 0 aliphatic carbocycles. The molecule has 0 radical (unpaired) electrons. The molecule has 0 amide bonds. The number of aromatic nitrogens is 4. The van der Waals surface area contributed by atoms with Gasteiger partial charge in [0, 0.05) is 33.9 Å². The fraction of sp³-hybridized carbons (Fsp3) is 0.538. The summed E-state index contributed by atoms with van der Waals surface area (Å²) in [4.78, 5) is 39.9. The first-order chi connectivity index (χ1) is 10.4. The van der Waals surface area contributed by atoms with E-state index in [1.165, 1.54) is 16.2 Å². The van der Waals surface area contributed by atoms with Gasteiger partial charge in [0.05, 0.1) is 0 Å². The van der Waals surface area contributed by atoms with Gasteiger partial charge in [0.2, 0.25) is 5.82 Å². The Morgan fingerprint density at radius 3 is 2.55 bits per heavy atom. The lowest BCUT2D eigenvalue weighted by Crippen LogP contribution is -2.39. The Morgan fingerprint density at radius 1 is 1.32 bits per heavy atom. The molecule has 22 heavy (non-hydrogen) atoms. The van der Waals surface area contributed by atoms with Crippen molar-refractivity contribution >= 4 is 17.1 Å². The average molecular weight is 310 g/mol. The van der Waals surface area contributed by atoms with E-state index in [4.69, 9.17) is 4.74 Å².